The van der Waals surface area contributed by atoms with Gasteiger partial charge in [-0.1, -0.05) is 29.9 Å². The van der Waals surface area contributed by atoms with Crippen molar-refractivity contribution < 1.29 is 4.79 Å². The fourth-order valence-electron chi connectivity index (χ4n) is 5.25. The number of fused-ring (bicyclic) bond motifs is 1. The van der Waals surface area contributed by atoms with Gasteiger partial charge in [0, 0.05) is 47.7 Å². The summed E-state index contributed by atoms with van der Waals surface area (Å²) in [5.41, 5.74) is 3.10. The lowest BCUT2D eigenvalue weighted by Crippen LogP contribution is -2.43. The SMILES string of the molecule is Cc1nnc(-c2ccc3cnc(CC(=O)c4ccnc(N5CCC6(CCC6)CC5)c4)cc3c2)s1. The molecule has 1 aliphatic carbocycles. The third-order valence-electron chi connectivity index (χ3n) is 7.52. The third-order valence-corrected chi connectivity index (χ3v) is 8.41. The van der Waals surface area contributed by atoms with Crippen LogP contribution in [0.3, 0.4) is 0 Å². The fourth-order valence-corrected chi connectivity index (χ4v) is 5.94. The second-order valence-corrected chi connectivity index (χ2v) is 10.9. The van der Waals surface area contributed by atoms with Gasteiger partial charge in [0.25, 0.3) is 0 Å². The van der Waals surface area contributed by atoms with Gasteiger partial charge < -0.3 is 4.90 Å². The van der Waals surface area contributed by atoms with Crippen molar-refractivity contribution in [3.63, 3.8) is 0 Å². The summed E-state index contributed by atoms with van der Waals surface area (Å²) in [6.45, 7) is 4.02. The van der Waals surface area contributed by atoms with Gasteiger partial charge in [-0.25, -0.2) is 4.98 Å². The molecule has 6 nitrogen and oxygen atoms in total. The zero-order valence-electron chi connectivity index (χ0n) is 19.3. The van der Waals surface area contributed by atoms with E-state index < -0.39 is 0 Å². The highest BCUT2D eigenvalue weighted by molar-refractivity contribution is 7.14. The number of benzene rings is 1. The number of ketones is 1. The van der Waals surface area contributed by atoms with Crippen LogP contribution >= 0.6 is 11.3 Å². The Labute approximate surface area is 203 Å². The molecule has 0 bridgehead atoms. The van der Waals surface area contributed by atoms with Crippen LogP contribution in [0.5, 0.6) is 0 Å². The zero-order chi connectivity index (χ0) is 23.1. The van der Waals surface area contributed by atoms with Crippen LogP contribution in [0.1, 0.15) is 53.2 Å². The van der Waals surface area contributed by atoms with Crippen molar-refractivity contribution in [2.75, 3.05) is 18.0 Å². The fraction of sp³-hybridized carbons (Fsp3) is 0.370. The number of hydrogen-bond acceptors (Lipinski definition) is 7. The summed E-state index contributed by atoms with van der Waals surface area (Å²) in [5.74, 6) is 0.988. The van der Waals surface area contributed by atoms with Crippen molar-refractivity contribution >= 4 is 33.7 Å². The number of piperidine rings is 1. The lowest BCUT2D eigenvalue weighted by molar-refractivity contribution is 0.0951. The molecule has 1 saturated carbocycles. The van der Waals surface area contributed by atoms with Crippen LogP contribution in [0.2, 0.25) is 0 Å². The predicted molar refractivity (Wildman–Crippen MR) is 135 cm³/mol. The second kappa shape index (κ2) is 8.55. The summed E-state index contributed by atoms with van der Waals surface area (Å²) in [6.07, 6.45) is 10.5. The number of aromatic nitrogens is 4. The first-order chi connectivity index (χ1) is 16.6. The first-order valence-corrected chi connectivity index (χ1v) is 12.8. The number of carbonyl (C=O) groups excluding carboxylic acids is 1. The van der Waals surface area contributed by atoms with Crippen LogP contribution in [-0.2, 0) is 6.42 Å². The summed E-state index contributed by atoms with van der Waals surface area (Å²) in [5, 5.41) is 12.3. The van der Waals surface area contributed by atoms with E-state index in [0.29, 0.717) is 11.0 Å². The molecule has 1 saturated heterocycles. The van der Waals surface area contributed by atoms with Gasteiger partial charge in [-0.2, -0.15) is 0 Å². The van der Waals surface area contributed by atoms with Gasteiger partial charge in [-0.15, -0.1) is 10.2 Å². The van der Waals surface area contributed by atoms with E-state index in [4.69, 9.17) is 0 Å². The van der Waals surface area contributed by atoms with Crippen LogP contribution in [0, 0.1) is 12.3 Å². The molecule has 7 heteroatoms. The first kappa shape index (κ1) is 21.4. The number of pyridine rings is 2. The molecule has 2 fully saturated rings. The molecule has 3 aromatic heterocycles. The Bertz CT molecular complexity index is 1370. The van der Waals surface area contributed by atoms with Crippen molar-refractivity contribution in [1.29, 1.82) is 0 Å². The second-order valence-electron chi connectivity index (χ2n) is 9.71. The molecule has 1 aliphatic heterocycles. The van der Waals surface area contributed by atoms with Crippen molar-refractivity contribution in [1.82, 2.24) is 20.2 Å². The molecule has 0 N–H and O–H groups in total. The quantitative estimate of drug-likeness (QED) is 0.352. The van der Waals surface area contributed by atoms with Crippen molar-refractivity contribution in [2.45, 2.75) is 45.4 Å². The van der Waals surface area contributed by atoms with Crippen LogP contribution in [0.25, 0.3) is 21.3 Å². The summed E-state index contributed by atoms with van der Waals surface area (Å²) in [7, 11) is 0. The molecule has 0 radical (unpaired) electrons. The van der Waals surface area contributed by atoms with Gasteiger partial charge in [0.2, 0.25) is 0 Å². The molecular weight excluding hydrogens is 442 g/mol. The molecule has 0 unspecified atom stereocenters. The Morgan fingerprint density at radius 2 is 1.85 bits per heavy atom. The van der Waals surface area contributed by atoms with Gasteiger partial charge in [0.1, 0.15) is 15.8 Å². The highest BCUT2D eigenvalue weighted by Crippen LogP contribution is 2.49. The molecule has 0 atom stereocenters. The van der Waals surface area contributed by atoms with Crippen molar-refractivity contribution in [3.05, 3.63) is 65.1 Å². The third kappa shape index (κ3) is 4.09. The highest BCUT2D eigenvalue weighted by atomic mass is 32.1. The number of hydrogen-bond donors (Lipinski definition) is 0. The Morgan fingerprint density at radius 1 is 1.00 bits per heavy atom. The average molecular weight is 470 g/mol. The molecule has 2 aliphatic rings. The molecule has 4 aromatic rings. The van der Waals surface area contributed by atoms with E-state index in [-0.39, 0.29) is 12.2 Å². The van der Waals surface area contributed by atoms with Gasteiger partial charge in [0.05, 0.1) is 6.42 Å². The number of anilines is 1. The van der Waals surface area contributed by atoms with Crippen LogP contribution < -0.4 is 4.90 Å². The largest absolute Gasteiger partial charge is 0.357 e. The molecule has 172 valence electrons. The average Bonchev–Trinajstić information content (AvgIpc) is 3.29. The molecule has 4 heterocycles. The first-order valence-electron chi connectivity index (χ1n) is 12.0. The summed E-state index contributed by atoms with van der Waals surface area (Å²) < 4.78 is 0. The van der Waals surface area contributed by atoms with E-state index in [9.17, 15) is 4.79 Å². The standard InChI is InChI=1S/C27H27N5OS/c1-18-30-31-26(34-18)20-3-4-21-17-29-23(14-22(21)13-20)16-24(33)19-5-10-28-25(15-19)32-11-8-27(9-12-32)6-2-7-27/h3-5,10,13-15,17H,2,6-9,11-12,16H2,1H3. The van der Waals surface area contributed by atoms with Crippen LogP contribution in [0.15, 0.2) is 48.8 Å². The van der Waals surface area contributed by atoms with Crippen LogP contribution in [0.4, 0.5) is 5.82 Å². The number of carbonyl (C=O) groups is 1. The molecule has 1 aromatic carbocycles. The molecular formula is C27H27N5OS. The number of rotatable bonds is 5. The molecule has 6 rings (SSSR count). The lowest BCUT2D eigenvalue weighted by atomic mass is 9.63. The minimum Gasteiger partial charge on any atom is -0.357 e. The van der Waals surface area contributed by atoms with Gasteiger partial charge >= 0.3 is 0 Å². The lowest BCUT2D eigenvalue weighted by Gasteiger charge is -2.48. The summed E-state index contributed by atoms with van der Waals surface area (Å²) in [6, 6.07) is 12.0. The smallest absolute Gasteiger partial charge is 0.169 e. The Balaban J connectivity index is 1.19. The maximum Gasteiger partial charge on any atom is 0.169 e. The Kier molecular flexibility index (Phi) is 5.37. The summed E-state index contributed by atoms with van der Waals surface area (Å²) in [4.78, 5) is 24.6. The zero-order valence-corrected chi connectivity index (χ0v) is 20.1. The number of nitrogens with zero attached hydrogens (tertiary/aromatic N) is 5. The molecule has 34 heavy (non-hydrogen) atoms. The molecule has 1 spiro atoms. The molecule has 0 amide bonds. The van der Waals surface area contributed by atoms with Crippen molar-refractivity contribution in [2.24, 2.45) is 5.41 Å². The van der Waals surface area contributed by atoms with E-state index in [1.54, 1.807) is 17.5 Å². The Morgan fingerprint density at radius 3 is 2.59 bits per heavy atom. The maximum absolute atomic E-state index is 13.1. The number of aryl methyl sites for hydroxylation is 1. The van der Waals surface area contributed by atoms with E-state index in [2.05, 4.69) is 31.1 Å². The van der Waals surface area contributed by atoms with Crippen LogP contribution in [-0.4, -0.2) is 39.0 Å². The summed E-state index contributed by atoms with van der Waals surface area (Å²) >= 11 is 1.58. The van der Waals surface area contributed by atoms with E-state index in [1.807, 2.05) is 43.5 Å². The Hall–Kier alpha value is -3.19. The van der Waals surface area contributed by atoms with Gasteiger partial charge in [-0.05, 0) is 67.7 Å². The van der Waals surface area contributed by atoms with E-state index in [0.717, 1.165) is 51.0 Å². The van der Waals surface area contributed by atoms with E-state index >= 15 is 0 Å². The highest BCUT2D eigenvalue weighted by Gasteiger charge is 2.39. The minimum atomic E-state index is 0.0684. The van der Waals surface area contributed by atoms with Gasteiger partial charge in [0.15, 0.2) is 5.78 Å². The number of Topliss-reactive ketones (excluding diaryl/α,β-unsaturated/α-hetero) is 1. The van der Waals surface area contributed by atoms with Gasteiger partial charge in [-0.3, -0.25) is 9.78 Å². The minimum absolute atomic E-state index is 0.0684. The maximum atomic E-state index is 13.1. The predicted octanol–water partition coefficient (Wildman–Crippen LogP) is 5.65. The van der Waals surface area contributed by atoms with Crippen molar-refractivity contribution in [3.8, 4) is 10.6 Å². The normalized spacial score (nSPS) is 17.1. The monoisotopic (exact) mass is 469 g/mol. The van der Waals surface area contributed by atoms with E-state index in [1.165, 1.54) is 32.1 Å². The topological polar surface area (TPSA) is 71.9 Å².